The van der Waals surface area contributed by atoms with Gasteiger partial charge in [0.1, 0.15) is 5.69 Å². The molecule has 2 aromatic heterocycles. The molecule has 0 radical (unpaired) electrons. The number of rotatable bonds is 5. The van der Waals surface area contributed by atoms with Crippen molar-refractivity contribution < 1.29 is 35.7 Å². The summed E-state index contributed by atoms with van der Waals surface area (Å²) in [7, 11) is 1.28. The molecule has 0 unspecified atom stereocenters. The molecular formula is C26H20F6N4O2. The third kappa shape index (κ3) is 5.68. The molecule has 0 saturated heterocycles. The summed E-state index contributed by atoms with van der Waals surface area (Å²) in [5.41, 5.74) is -1.24. The zero-order valence-electron chi connectivity index (χ0n) is 20.3. The highest BCUT2D eigenvalue weighted by Gasteiger charge is 2.37. The van der Waals surface area contributed by atoms with E-state index in [0.29, 0.717) is 23.5 Å². The molecular weight excluding hydrogens is 514 g/mol. The van der Waals surface area contributed by atoms with Gasteiger partial charge in [-0.1, -0.05) is 29.4 Å². The maximum Gasteiger partial charge on any atom is 0.416 e. The summed E-state index contributed by atoms with van der Waals surface area (Å²) < 4.78 is 84.9. The van der Waals surface area contributed by atoms with Crippen LogP contribution in [0.25, 0.3) is 22.8 Å². The Kier molecular flexibility index (Phi) is 7.00. The number of hydrogen-bond acceptors (Lipinski definition) is 5. The van der Waals surface area contributed by atoms with Crippen molar-refractivity contribution >= 4 is 5.91 Å². The average Bonchev–Trinajstić information content (AvgIpc) is 3.28. The highest BCUT2D eigenvalue weighted by atomic mass is 19.4. The number of carbonyl (C=O) groups is 1. The first kappa shape index (κ1) is 26.8. The SMILES string of the molecule is Cc1noc(-c2ccc(C(=O)N(C)Cc3cc(C(F)(F)F)cc(C(F)(F)F)c3)c(-c3ccccc3C)n2)n1. The number of nitrogens with zero attached hydrogens (tertiary/aromatic N) is 4. The predicted molar refractivity (Wildman–Crippen MR) is 125 cm³/mol. The second-order valence-corrected chi connectivity index (χ2v) is 8.63. The largest absolute Gasteiger partial charge is 0.416 e. The van der Waals surface area contributed by atoms with Gasteiger partial charge in [0.15, 0.2) is 5.82 Å². The van der Waals surface area contributed by atoms with E-state index in [-0.39, 0.29) is 34.5 Å². The molecule has 0 N–H and O–H groups in total. The number of hydrogen-bond donors (Lipinski definition) is 0. The fourth-order valence-electron chi connectivity index (χ4n) is 3.86. The summed E-state index contributed by atoms with van der Waals surface area (Å²) >= 11 is 0. The number of benzene rings is 2. The molecule has 12 heteroatoms. The number of aromatic nitrogens is 3. The summed E-state index contributed by atoms with van der Waals surface area (Å²) in [6.07, 6.45) is -9.99. The van der Waals surface area contributed by atoms with Gasteiger partial charge in [0.05, 0.1) is 22.4 Å². The zero-order valence-corrected chi connectivity index (χ0v) is 20.3. The van der Waals surface area contributed by atoms with E-state index in [1.807, 2.05) is 0 Å². The molecule has 0 bridgehead atoms. The quantitative estimate of drug-likeness (QED) is 0.266. The van der Waals surface area contributed by atoms with E-state index >= 15 is 0 Å². The van der Waals surface area contributed by atoms with E-state index in [9.17, 15) is 31.1 Å². The highest BCUT2D eigenvalue weighted by molar-refractivity contribution is 6.00. The third-order valence-corrected chi connectivity index (χ3v) is 5.69. The number of carbonyl (C=O) groups excluding carboxylic acids is 1. The van der Waals surface area contributed by atoms with Crippen molar-refractivity contribution in [3.63, 3.8) is 0 Å². The minimum atomic E-state index is -5.00. The molecule has 4 aromatic rings. The molecule has 0 aliphatic rings. The van der Waals surface area contributed by atoms with Gasteiger partial charge in [-0.05, 0) is 55.3 Å². The summed E-state index contributed by atoms with van der Waals surface area (Å²) in [5, 5.41) is 3.73. The zero-order chi connectivity index (χ0) is 27.8. The van der Waals surface area contributed by atoms with E-state index < -0.39 is 35.9 Å². The molecule has 0 aliphatic heterocycles. The predicted octanol–water partition coefficient (Wildman–Crippen LogP) is 6.73. The van der Waals surface area contributed by atoms with Gasteiger partial charge >= 0.3 is 12.4 Å². The van der Waals surface area contributed by atoms with Crippen LogP contribution in [0.15, 0.2) is 59.1 Å². The van der Waals surface area contributed by atoms with Gasteiger partial charge in [-0.3, -0.25) is 4.79 Å². The van der Waals surface area contributed by atoms with Crippen molar-refractivity contribution in [2.24, 2.45) is 0 Å². The Balaban J connectivity index is 1.74. The Labute approximate surface area is 212 Å². The lowest BCUT2D eigenvalue weighted by molar-refractivity contribution is -0.143. The van der Waals surface area contributed by atoms with E-state index in [2.05, 4.69) is 15.1 Å². The minimum Gasteiger partial charge on any atom is -0.337 e. The van der Waals surface area contributed by atoms with Gasteiger partial charge in [-0.25, -0.2) is 4.98 Å². The number of halogens is 6. The minimum absolute atomic E-state index is 0.0451. The van der Waals surface area contributed by atoms with Crippen LogP contribution in [0.2, 0.25) is 0 Å². The topological polar surface area (TPSA) is 72.1 Å². The van der Waals surface area contributed by atoms with Crippen molar-refractivity contribution in [1.82, 2.24) is 20.0 Å². The molecule has 2 heterocycles. The molecule has 0 aliphatic carbocycles. The van der Waals surface area contributed by atoms with Crippen LogP contribution in [-0.2, 0) is 18.9 Å². The third-order valence-electron chi connectivity index (χ3n) is 5.69. The number of alkyl halides is 6. The van der Waals surface area contributed by atoms with Crippen molar-refractivity contribution in [2.45, 2.75) is 32.7 Å². The van der Waals surface area contributed by atoms with Crippen LogP contribution in [0, 0.1) is 13.8 Å². The molecule has 4 rings (SSSR count). The van der Waals surface area contributed by atoms with Crippen LogP contribution in [0.5, 0.6) is 0 Å². The van der Waals surface area contributed by atoms with Crippen LogP contribution in [0.3, 0.4) is 0 Å². The maximum atomic E-state index is 13.5. The van der Waals surface area contributed by atoms with Gasteiger partial charge in [-0.2, -0.15) is 31.3 Å². The summed E-state index contributed by atoms with van der Waals surface area (Å²) in [6, 6.07) is 11.2. The molecule has 0 fully saturated rings. The second kappa shape index (κ2) is 9.92. The monoisotopic (exact) mass is 534 g/mol. The first-order chi connectivity index (χ1) is 17.7. The van der Waals surface area contributed by atoms with E-state index in [0.717, 1.165) is 10.5 Å². The van der Waals surface area contributed by atoms with Gasteiger partial charge in [0.2, 0.25) is 0 Å². The first-order valence-corrected chi connectivity index (χ1v) is 11.2. The first-order valence-electron chi connectivity index (χ1n) is 11.2. The van der Waals surface area contributed by atoms with Crippen LogP contribution < -0.4 is 0 Å². The van der Waals surface area contributed by atoms with Gasteiger partial charge < -0.3 is 9.42 Å². The fraction of sp³-hybridized carbons (Fsp3) is 0.231. The molecule has 6 nitrogen and oxygen atoms in total. The average molecular weight is 534 g/mol. The second-order valence-electron chi connectivity index (χ2n) is 8.63. The lowest BCUT2D eigenvalue weighted by Gasteiger charge is -2.21. The van der Waals surface area contributed by atoms with Crippen molar-refractivity contribution in [1.29, 1.82) is 0 Å². The summed E-state index contributed by atoms with van der Waals surface area (Å²) in [4.78, 5) is 23.2. The van der Waals surface area contributed by atoms with Crippen LogP contribution in [0.4, 0.5) is 26.3 Å². The van der Waals surface area contributed by atoms with Gasteiger partial charge in [0, 0.05) is 19.2 Å². The summed E-state index contributed by atoms with van der Waals surface area (Å²) in [6.45, 7) is 2.92. The Bertz CT molecular complexity index is 1460. The van der Waals surface area contributed by atoms with Crippen molar-refractivity contribution in [2.75, 3.05) is 7.05 Å². The lowest BCUT2D eigenvalue weighted by atomic mass is 9.99. The summed E-state index contributed by atoms with van der Waals surface area (Å²) in [5.74, 6) is -0.165. The molecule has 0 spiro atoms. The number of aryl methyl sites for hydroxylation is 2. The fourth-order valence-corrected chi connectivity index (χ4v) is 3.86. The molecule has 38 heavy (non-hydrogen) atoms. The van der Waals surface area contributed by atoms with Crippen LogP contribution in [0.1, 0.15) is 38.4 Å². The smallest absolute Gasteiger partial charge is 0.337 e. The van der Waals surface area contributed by atoms with Crippen LogP contribution >= 0.6 is 0 Å². The standard InChI is InChI=1S/C26H20F6N4O2/c1-14-6-4-5-7-19(14)22-20(8-9-21(34-22)23-33-15(2)35-38-23)24(37)36(3)13-16-10-17(25(27,28)29)12-18(11-16)26(30,31)32/h4-12H,13H2,1-3H3. The Morgan fingerprint density at radius 1 is 0.895 bits per heavy atom. The molecule has 1 amide bonds. The van der Waals surface area contributed by atoms with Crippen LogP contribution in [-0.4, -0.2) is 33.0 Å². The number of amides is 1. The molecule has 0 atom stereocenters. The van der Waals surface area contributed by atoms with E-state index in [4.69, 9.17) is 4.52 Å². The number of pyridine rings is 1. The Morgan fingerprint density at radius 3 is 2.08 bits per heavy atom. The molecule has 0 saturated carbocycles. The Morgan fingerprint density at radius 2 is 1.53 bits per heavy atom. The van der Waals surface area contributed by atoms with Gasteiger partial charge in [0.25, 0.3) is 11.8 Å². The Hall–Kier alpha value is -4.22. The normalized spacial score (nSPS) is 12.0. The molecule has 198 valence electrons. The highest BCUT2D eigenvalue weighted by Crippen LogP contribution is 2.37. The van der Waals surface area contributed by atoms with Crippen molar-refractivity contribution in [3.05, 3.63) is 88.2 Å². The molecule has 2 aromatic carbocycles. The van der Waals surface area contributed by atoms with Gasteiger partial charge in [-0.15, -0.1) is 0 Å². The van der Waals surface area contributed by atoms with E-state index in [1.165, 1.54) is 19.2 Å². The van der Waals surface area contributed by atoms with E-state index in [1.54, 1.807) is 38.1 Å². The lowest BCUT2D eigenvalue weighted by Crippen LogP contribution is -2.27. The maximum absolute atomic E-state index is 13.5. The van der Waals surface area contributed by atoms with Crippen molar-refractivity contribution in [3.8, 4) is 22.8 Å².